The summed E-state index contributed by atoms with van der Waals surface area (Å²) in [4.78, 5) is 0. The van der Waals surface area contributed by atoms with Crippen molar-refractivity contribution in [1.82, 2.24) is 5.32 Å². The van der Waals surface area contributed by atoms with Gasteiger partial charge in [0.15, 0.2) is 5.11 Å². The Labute approximate surface area is 133 Å². The molecule has 0 aliphatic rings. The molecule has 0 aliphatic heterocycles. The van der Waals surface area contributed by atoms with Gasteiger partial charge in [0.1, 0.15) is 0 Å². The third-order valence-electron chi connectivity index (χ3n) is 3.01. The fourth-order valence-electron chi connectivity index (χ4n) is 1.87. The molecule has 2 N–H and O–H groups in total. The van der Waals surface area contributed by atoms with E-state index in [9.17, 15) is 0 Å². The third-order valence-corrected chi connectivity index (χ3v) is 3.72. The highest BCUT2D eigenvalue weighted by Crippen LogP contribution is 2.17. The van der Waals surface area contributed by atoms with E-state index in [0.29, 0.717) is 5.11 Å². The molecule has 0 amide bonds. The van der Waals surface area contributed by atoms with Crippen molar-refractivity contribution in [3.05, 3.63) is 64.1 Å². The topological polar surface area (TPSA) is 24.1 Å². The van der Waals surface area contributed by atoms with E-state index in [1.54, 1.807) is 0 Å². The van der Waals surface area contributed by atoms with Crippen LogP contribution in [0.25, 0.3) is 0 Å². The molecular formula is C16H17BrN2S. The van der Waals surface area contributed by atoms with Crippen molar-refractivity contribution < 1.29 is 0 Å². The molecule has 0 heterocycles. The minimum Gasteiger partial charge on any atom is -0.356 e. The van der Waals surface area contributed by atoms with E-state index in [4.69, 9.17) is 12.2 Å². The van der Waals surface area contributed by atoms with Crippen molar-refractivity contribution >= 4 is 38.9 Å². The lowest BCUT2D eigenvalue weighted by Crippen LogP contribution is -2.30. The van der Waals surface area contributed by atoms with E-state index in [2.05, 4.69) is 64.7 Å². The third kappa shape index (κ3) is 4.32. The monoisotopic (exact) mass is 348 g/mol. The van der Waals surface area contributed by atoms with Gasteiger partial charge in [0.25, 0.3) is 0 Å². The van der Waals surface area contributed by atoms with Gasteiger partial charge in [0, 0.05) is 10.2 Å². The lowest BCUT2D eigenvalue weighted by atomic mass is 10.1. The van der Waals surface area contributed by atoms with Crippen LogP contribution in [0.3, 0.4) is 0 Å². The van der Waals surface area contributed by atoms with Crippen molar-refractivity contribution in [3.8, 4) is 0 Å². The molecule has 2 aromatic rings. The molecule has 0 radical (unpaired) electrons. The number of anilines is 1. The molecule has 0 fully saturated rings. The summed E-state index contributed by atoms with van der Waals surface area (Å²) in [6, 6.07) is 16.6. The fraction of sp³-hybridized carbons (Fsp3) is 0.188. The zero-order chi connectivity index (χ0) is 14.5. The Bertz CT molecular complexity index is 596. The summed E-state index contributed by atoms with van der Waals surface area (Å²) in [5, 5.41) is 7.10. The Morgan fingerprint density at radius 2 is 1.85 bits per heavy atom. The highest BCUT2D eigenvalue weighted by Gasteiger charge is 2.06. The van der Waals surface area contributed by atoms with Gasteiger partial charge < -0.3 is 10.6 Å². The van der Waals surface area contributed by atoms with Crippen LogP contribution in [0.15, 0.2) is 53.0 Å². The number of thiocarbonyl (C=S) groups is 1. The van der Waals surface area contributed by atoms with Gasteiger partial charge in [-0.1, -0.05) is 51.8 Å². The molecule has 0 aliphatic carbocycles. The summed E-state index contributed by atoms with van der Waals surface area (Å²) in [6.45, 7) is 4.18. The minimum absolute atomic E-state index is 0.169. The molecule has 2 rings (SSSR count). The van der Waals surface area contributed by atoms with Gasteiger partial charge in [-0.3, -0.25) is 0 Å². The second kappa shape index (κ2) is 6.86. The van der Waals surface area contributed by atoms with Crippen molar-refractivity contribution in [2.75, 3.05) is 5.32 Å². The average Bonchev–Trinajstić information content (AvgIpc) is 2.39. The Balaban J connectivity index is 1.95. The first-order chi connectivity index (χ1) is 9.54. The smallest absolute Gasteiger partial charge is 0.171 e. The van der Waals surface area contributed by atoms with E-state index in [1.807, 2.05) is 24.3 Å². The Hall–Kier alpha value is -1.39. The summed E-state index contributed by atoms with van der Waals surface area (Å²) >= 11 is 8.79. The maximum atomic E-state index is 5.34. The Morgan fingerprint density at radius 1 is 1.15 bits per heavy atom. The first kappa shape index (κ1) is 15.0. The van der Waals surface area contributed by atoms with Crippen LogP contribution in [-0.2, 0) is 0 Å². The van der Waals surface area contributed by atoms with Gasteiger partial charge >= 0.3 is 0 Å². The van der Waals surface area contributed by atoms with Gasteiger partial charge in [-0.25, -0.2) is 0 Å². The number of rotatable bonds is 3. The van der Waals surface area contributed by atoms with Crippen LogP contribution in [0.1, 0.15) is 24.1 Å². The average molecular weight is 349 g/mol. The molecule has 20 heavy (non-hydrogen) atoms. The van der Waals surface area contributed by atoms with E-state index in [1.165, 1.54) is 11.1 Å². The van der Waals surface area contributed by atoms with Crippen LogP contribution in [-0.4, -0.2) is 5.11 Å². The Kier molecular flexibility index (Phi) is 5.15. The van der Waals surface area contributed by atoms with Crippen molar-refractivity contribution in [2.45, 2.75) is 19.9 Å². The van der Waals surface area contributed by atoms with Gasteiger partial charge in [-0.15, -0.1) is 0 Å². The van der Waals surface area contributed by atoms with Gasteiger partial charge in [-0.05, 0) is 49.8 Å². The van der Waals surface area contributed by atoms with Crippen molar-refractivity contribution in [3.63, 3.8) is 0 Å². The number of hydrogen-bond acceptors (Lipinski definition) is 1. The van der Waals surface area contributed by atoms with E-state index in [0.717, 1.165) is 10.2 Å². The largest absolute Gasteiger partial charge is 0.356 e. The lowest BCUT2D eigenvalue weighted by Gasteiger charge is -2.17. The maximum Gasteiger partial charge on any atom is 0.171 e. The molecule has 0 unspecified atom stereocenters. The number of hydrogen-bond donors (Lipinski definition) is 2. The molecule has 1 atom stereocenters. The second-order valence-electron chi connectivity index (χ2n) is 4.74. The molecule has 0 bridgehead atoms. The highest BCUT2D eigenvalue weighted by atomic mass is 79.9. The van der Waals surface area contributed by atoms with Crippen LogP contribution >= 0.6 is 28.1 Å². The zero-order valence-corrected chi connectivity index (χ0v) is 13.9. The van der Waals surface area contributed by atoms with Crippen LogP contribution in [0.5, 0.6) is 0 Å². The van der Waals surface area contributed by atoms with Crippen LogP contribution < -0.4 is 10.6 Å². The molecule has 0 aromatic heterocycles. The van der Waals surface area contributed by atoms with E-state index < -0.39 is 0 Å². The van der Waals surface area contributed by atoms with Crippen LogP contribution in [0.4, 0.5) is 5.69 Å². The van der Waals surface area contributed by atoms with E-state index in [-0.39, 0.29) is 6.04 Å². The fourth-order valence-corrected chi connectivity index (χ4v) is 2.56. The molecule has 104 valence electrons. The first-order valence-electron chi connectivity index (χ1n) is 6.44. The van der Waals surface area contributed by atoms with Gasteiger partial charge in [0.2, 0.25) is 0 Å². The summed E-state index contributed by atoms with van der Waals surface area (Å²) < 4.78 is 1.02. The molecule has 2 nitrogen and oxygen atoms in total. The second-order valence-corrected chi connectivity index (χ2v) is 6.07. The van der Waals surface area contributed by atoms with Crippen molar-refractivity contribution in [2.24, 2.45) is 0 Å². The number of benzene rings is 2. The normalized spacial score (nSPS) is 11.8. The number of halogens is 1. The summed E-state index contributed by atoms with van der Waals surface area (Å²) in [7, 11) is 0. The zero-order valence-electron chi connectivity index (χ0n) is 11.5. The molecular weight excluding hydrogens is 332 g/mol. The predicted molar refractivity (Wildman–Crippen MR) is 93.1 cm³/mol. The highest BCUT2D eigenvalue weighted by molar-refractivity contribution is 9.10. The Morgan fingerprint density at radius 3 is 2.50 bits per heavy atom. The van der Waals surface area contributed by atoms with Gasteiger partial charge in [-0.2, -0.15) is 0 Å². The summed E-state index contributed by atoms with van der Waals surface area (Å²) in [5.74, 6) is 0. The molecule has 4 heteroatoms. The first-order valence-corrected chi connectivity index (χ1v) is 7.64. The lowest BCUT2D eigenvalue weighted by molar-refractivity contribution is 0.722. The predicted octanol–water partition coefficient (Wildman–Crippen LogP) is 4.81. The number of aryl methyl sites for hydroxylation is 1. The quantitative estimate of drug-likeness (QED) is 0.778. The minimum atomic E-state index is 0.169. The van der Waals surface area contributed by atoms with Crippen LogP contribution in [0, 0.1) is 6.92 Å². The SMILES string of the molecule is Cc1ccc([C@@H](C)NC(=S)Nc2cccc(Br)c2)cc1. The molecule has 0 saturated heterocycles. The standard InChI is InChI=1S/C16H17BrN2S/c1-11-6-8-13(9-7-11)12(2)18-16(20)19-15-5-3-4-14(17)10-15/h3-10,12H,1-2H3,(H2,18,19,20)/t12-/m1/s1. The molecule has 2 aromatic carbocycles. The van der Waals surface area contributed by atoms with Gasteiger partial charge in [0.05, 0.1) is 6.04 Å². The molecule has 0 spiro atoms. The number of nitrogens with one attached hydrogen (secondary N) is 2. The van der Waals surface area contributed by atoms with Crippen LogP contribution in [0.2, 0.25) is 0 Å². The van der Waals surface area contributed by atoms with Crippen molar-refractivity contribution in [1.29, 1.82) is 0 Å². The maximum absolute atomic E-state index is 5.34. The summed E-state index contributed by atoms with van der Waals surface area (Å²) in [5.41, 5.74) is 3.44. The summed E-state index contributed by atoms with van der Waals surface area (Å²) in [6.07, 6.45) is 0. The molecule has 0 saturated carbocycles. The van der Waals surface area contributed by atoms with E-state index >= 15 is 0 Å².